The van der Waals surface area contributed by atoms with E-state index in [0.29, 0.717) is 19.4 Å². The quantitative estimate of drug-likeness (QED) is 0.792. The zero-order chi connectivity index (χ0) is 17.2. The minimum atomic E-state index is -1.21. The Kier molecular flexibility index (Phi) is 4.67. The van der Waals surface area contributed by atoms with Crippen LogP contribution in [0.15, 0.2) is 6.20 Å². The second-order valence-electron chi connectivity index (χ2n) is 6.39. The molecule has 1 N–H and O–H groups in total. The summed E-state index contributed by atoms with van der Waals surface area (Å²) in [5.74, 6) is -1.95. The number of carboxylic acid groups (broad SMARTS) is 1. The molecule has 0 spiro atoms. The molecule has 1 fully saturated rings. The fourth-order valence-corrected chi connectivity index (χ4v) is 2.38. The maximum atomic E-state index is 12.4. The third-order valence-electron chi connectivity index (χ3n) is 3.31. The molecule has 2 heterocycles. The summed E-state index contributed by atoms with van der Waals surface area (Å²) in [4.78, 5) is 36.8. The molecule has 1 aromatic rings. The Hall–Kier alpha value is -2.45. The van der Waals surface area contributed by atoms with Crippen LogP contribution in [0.2, 0.25) is 0 Å². The number of hydrogen-bond acceptors (Lipinski definition) is 6. The lowest BCUT2D eigenvalue weighted by Gasteiger charge is -2.27. The fourth-order valence-electron chi connectivity index (χ4n) is 2.38. The lowest BCUT2D eigenvalue weighted by Crippen LogP contribution is -2.44. The van der Waals surface area contributed by atoms with Gasteiger partial charge in [0.05, 0.1) is 6.20 Å². The zero-order valence-corrected chi connectivity index (χ0v) is 13.4. The molecule has 0 radical (unpaired) electrons. The fraction of sp³-hybridized carbons (Fsp3) is 0.643. The van der Waals surface area contributed by atoms with Crippen molar-refractivity contribution in [3.63, 3.8) is 0 Å². The number of carbonyl (C=O) groups excluding carboxylic acids is 2. The molecule has 9 nitrogen and oxygen atoms in total. The van der Waals surface area contributed by atoms with Crippen LogP contribution in [0.1, 0.15) is 44.1 Å². The first-order valence-electron chi connectivity index (χ1n) is 7.33. The molecule has 126 valence electrons. The number of likely N-dealkylation sites (tertiary alicyclic amines) is 1. The molecule has 0 aliphatic carbocycles. The molecular weight excluding hydrogens is 304 g/mol. The molecular formula is C14H20N4O5. The van der Waals surface area contributed by atoms with Gasteiger partial charge in [0.1, 0.15) is 18.2 Å². The highest BCUT2D eigenvalue weighted by Gasteiger charge is 2.36. The van der Waals surface area contributed by atoms with Crippen LogP contribution < -0.4 is 0 Å². The van der Waals surface area contributed by atoms with Gasteiger partial charge in [-0.15, -0.1) is 5.10 Å². The van der Waals surface area contributed by atoms with Gasteiger partial charge in [-0.3, -0.25) is 4.79 Å². The van der Waals surface area contributed by atoms with Gasteiger partial charge >= 0.3 is 11.9 Å². The molecule has 0 aromatic carbocycles. The predicted octanol–water partition coefficient (Wildman–Crippen LogP) is 0.309. The van der Waals surface area contributed by atoms with Crippen molar-refractivity contribution < 1.29 is 24.2 Å². The summed E-state index contributed by atoms with van der Waals surface area (Å²) in [7, 11) is 0. The number of aromatic nitrogens is 3. The molecule has 1 unspecified atom stereocenters. The van der Waals surface area contributed by atoms with Crippen molar-refractivity contribution in [2.45, 2.75) is 51.8 Å². The predicted molar refractivity (Wildman–Crippen MR) is 77.6 cm³/mol. The van der Waals surface area contributed by atoms with E-state index >= 15 is 0 Å². The summed E-state index contributed by atoms with van der Waals surface area (Å²) in [5.41, 5.74) is -0.848. The molecule has 1 aliphatic heterocycles. The summed E-state index contributed by atoms with van der Waals surface area (Å²) < 4.78 is 6.49. The van der Waals surface area contributed by atoms with Crippen LogP contribution in [0.4, 0.5) is 0 Å². The Bertz CT molecular complexity index is 619. The molecule has 0 saturated carbocycles. The summed E-state index contributed by atoms with van der Waals surface area (Å²) in [6.07, 6.45) is 2.45. The number of rotatable bonds is 4. The Morgan fingerprint density at radius 1 is 1.39 bits per heavy atom. The third-order valence-corrected chi connectivity index (χ3v) is 3.31. The monoisotopic (exact) mass is 324 g/mol. The third kappa shape index (κ3) is 4.27. The average molecular weight is 324 g/mol. The van der Waals surface area contributed by atoms with Crippen molar-refractivity contribution in [1.29, 1.82) is 0 Å². The summed E-state index contributed by atoms with van der Waals surface area (Å²) in [5, 5.41) is 15.8. The van der Waals surface area contributed by atoms with Crippen LogP contribution in [0, 0.1) is 0 Å². The number of nitrogens with zero attached hydrogens (tertiary/aromatic N) is 4. The van der Waals surface area contributed by atoms with Crippen molar-refractivity contribution in [2.24, 2.45) is 0 Å². The van der Waals surface area contributed by atoms with E-state index in [2.05, 4.69) is 10.3 Å². The van der Waals surface area contributed by atoms with Gasteiger partial charge < -0.3 is 14.7 Å². The number of amides is 1. The van der Waals surface area contributed by atoms with E-state index in [1.165, 1.54) is 11.1 Å². The molecule has 1 atom stereocenters. The summed E-state index contributed by atoms with van der Waals surface area (Å²) >= 11 is 0. The Morgan fingerprint density at radius 3 is 2.65 bits per heavy atom. The van der Waals surface area contributed by atoms with Gasteiger partial charge in [-0.2, -0.15) is 0 Å². The molecule has 1 amide bonds. The number of ether oxygens (including phenoxy) is 1. The van der Waals surface area contributed by atoms with E-state index < -0.39 is 23.6 Å². The number of carboxylic acids is 1. The first kappa shape index (κ1) is 16.9. The van der Waals surface area contributed by atoms with Gasteiger partial charge in [0.2, 0.25) is 5.91 Å². The highest BCUT2D eigenvalue weighted by molar-refractivity contribution is 5.86. The Morgan fingerprint density at radius 2 is 2.09 bits per heavy atom. The van der Waals surface area contributed by atoms with Crippen LogP contribution in [0.5, 0.6) is 0 Å². The van der Waals surface area contributed by atoms with Crippen LogP contribution in [-0.4, -0.2) is 61.0 Å². The molecule has 2 rings (SSSR count). The molecule has 9 heteroatoms. The van der Waals surface area contributed by atoms with Gasteiger partial charge in [0.15, 0.2) is 5.69 Å². The SMILES string of the molecule is CC(C)(C)OC(=O)C1CCCN1C(=O)Cn1cc(C(=O)O)nn1. The van der Waals surface area contributed by atoms with Crippen molar-refractivity contribution in [3.8, 4) is 0 Å². The van der Waals surface area contributed by atoms with Crippen LogP contribution in [0.3, 0.4) is 0 Å². The van der Waals surface area contributed by atoms with Crippen LogP contribution in [-0.2, 0) is 20.9 Å². The average Bonchev–Trinajstić information content (AvgIpc) is 3.04. The highest BCUT2D eigenvalue weighted by atomic mass is 16.6. The van der Waals surface area contributed by atoms with Gasteiger partial charge in [0, 0.05) is 6.54 Å². The minimum absolute atomic E-state index is 0.167. The number of carbonyl (C=O) groups is 3. The van der Waals surface area contributed by atoms with Crippen LogP contribution >= 0.6 is 0 Å². The maximum Gasteiger partial charge on any atom is 0.358 e. The summed E-state index contributed by atoms with van der Waals surface area (Å²) in [6, 6.07) is -0.607. The molecule has 1 saturated heterocycles. The van der Waals surface area contributed by atoms with E-state index in [0.717, 1.165) is 4.68 Å². The van der Waals surface area contributed by atoms with E-state index in [9.17, 15) is 14.4 Å². The van der Waals surface area contributed by atoms with E-state index in [4.69, 9.17) is 9.84 Å². The number of aromatic carboxylic acids is 1. The number of hydrogen-bond donors (Lipinski definition) is 1. The summed E-state index contributed by atoms with van der Waals surface area (Å²) in [6.45, 7) is 5.61. The highest BCUT2D eigenvalue weighted by Crippen LogP contribution is 2.21. The minimum Gasteiger partial charge on any atom is -0.476 e. The second-order valence-corrected chi connectivity index (χ2v) is 6.39. The number of esters is 1. The lowest BCUT2D eigenvalue weighted by atomic mass is 10.1. The zero-order valence-electron chi connectivity index (χ0n) is 13.4. The van der Waals surface area contributed by atoms with E-state index in [1.807, 2.05) is 0 Å². The van der Waals surface area contributed by atoms with Crippen molar-refractivity contribution >= 4 is 17.8 Å². The van der Waals surface area contributed by atoms with E-state index in [-0.39, 0.29) is 18.1 Å². The standard InChI is InChI=1S/C14H20N4O5/c1-14(2,3)23-13(22)10-5-4-6-18(10)11(19)8-17-7-9(12(20)21)15-16-17/h7,10H,4-6,8H2,1-3H3,(H,20,21). The molecule has 1 aromatic heterocycles. The van der Waals surface area contributed by atoms with Crippen LogP contribution in [0.25, 0.3) is 0 Å². The van der Waals surface area contributed by atoms with Gasteiger partial charge in [0.25, 0.3) is 0 Å². The van der Waals surface area contributed by atoms with Crippen molar-refractivity contribution in [2.75, 3.05) is 6.54 Å². The van der Waals surface area contributed by atoms with Gasteiger partial charge in [-0.05, 0) is 33.6 Å². The van der Waals surface area contributed by atoms with E-state index in [1.54, 1.807) is 20.8 Å². The largest absolute Gasteiger partial charge is 0.476 e. The molecule has 23 heavy (non-hydrogen) atoms. The van der Waals surface area contributed by atoms with Gasteiger partial charge in [-0.1, -0.05) is 5.21 Å². The molecule has 0 bridgehead atoms. The molecule has 1 aliphatic rings. The van der Waals surface area contributed by atoms with Crippen molar-refractivity contribution in [1.82, 2.24) is 19.9 Å². The Labute approximate surface area is 133 Å². The normalized spacial score (nSPS) is 18.0. The maximum absolute atomic E-state index is 12.4. The second kappa shape index (κ2) is 6.35. The van der Waals surface area contributed by atoms with Gasteiger partial charge in [-0.25, -0.2) is 14.3 Å². The van der Waals surface area contributed by atoms with Crippen molar-refractivity contribution in [3.05, 3.63) is 11.9 Å². The Balaban J connectivity index is 2.02. The first-order valence-corrected chi connectivity index (χ1v) is 7.33. The smallest absolute Gasteiger partial charge is 0.358 e. The lowest BCUT2D eigenvalue weighted by molar-refractivity contribution is -0.163. The topological polar surface area (TPSA) is 115 Å². The first-order chi connectivity index (χ1) is 10.7.